The number of carboxylic acids is 1. The smallest absolute Gasteiger partial charge is 0.326 e. The van der Waals surface area contributed by atoms with Gasteiger partial charge in [0.05, 0.1) is 12.6 Å². The van der Waals surface area contributed by atoms with Crippen molar-refractivity contribution in [1.29, 1.82) is 0 Å². The van der Waals surface area contributed by atoms with E-state index in [9.17, 15) is 19.5 Å². The van der Waals surface area contributed by atoms with E-state index in [1.165, 1.54) is 11.8 Å². The lowest BCUT2D eigenvalue weighted by Gasteiger charge is -2.32. The minimum absolute atomic E-state index is 0.0662. The lowest BCUT2D eigenvalue weighted by Crippen LogP contribution is -2.55. The Balaban J connectivity index is 3.28. The number of aliphatic carboxylic acids is 1. The van der Waals surface area contributed by atoms with Crippen molar-refractivity contribution in [2.75, 3.05) is 23.5 Å². The molecule has 31 heavy (non-hydrogen) atoms. The molecule has 0 aliphatic rings. The number of carbonyl (C=O) groups is 3. The summed E-state index contributed by atoms with van der Waals surface area (Å²) in [7, 11) is 0. The number of hydrogen-bond acceptors (Lipinski definition) is 6. The molecule has 0 aliphatic carbocycles. The van der Waals surface area contributed by atoms with Gasteiger partial charge in [0.15, 0.2) is 0 Å². The molecule has 8 heteroatoms. The largest absolute Gasteiger partial charge is 0.480 e. The summed E-state index contributed by atoms with van der Waals surface area (Å²) in [4.78, 5) is 38.7. The molecule has 1 rings (SSSR count). The van der Waals surface area contributed by atoms with Crippen LogP contribution < -0.4 is 10.2 Å². The molecule has 7 nitrogen and oxygen atoms in total. The van der Waals surface area contributed by atoms with Gasteiger partial charge in [-0.2, -0.15) is 11.8 Å². The van der Waals surface area contributed by atoms with Gasteiger partial charge in [-0.1, -0.05) is 32.9 Å². The van der Waals surface area contributed by atoms with Crippen molar-refractivity contribution in [3.63, 3.8) is 0 Å². The van der Waals surface area contributed by atoms with Crippen LogP contribution in [0.1, 0.15) is 53.5 Å². The van der Waals surface area contributed by atoms with Crippen molar-refractivity contribution >= 4 is 35.3 Å². The van der Waals surface area contributed by atoms with Crippen LogP contribution in [0, 0.1) is 0 Å². The van der Waals surface area contributed by atoms with Crippen molar-refractivity contribution in [2.24, 2.45) is 0 Å². The van der Waals surface area contributed by atoms with Crippen LogP contribution in [0.3, 0.4) is 0 Å². The van der Waals surface area contributed by atoms with Crippen LogP contribution in [0.15, 0.2) is 24.3 Å². The second kappa shape index (κ2) is 12.1. The molecule has 2 N–H and O–H groups in total. The predicted octanol–water partition coefficient (Wildman–Crippen LogP) is 3.45. The summed E-state index contributed by atoms with van der Waals surface area (Å²) in [6, 6.07) is 4.89. The van der Waals surface area contributed by atoms with Gasteiger partial charge in [0.2, 0.25) is 5.91 Å². The standard InChI is InChI=1S/C23H36N2O5S/c1-8-30-22(29)15(2)24-19(13-14-31-7)20(26)25(16(3)21(27)28)18-11-9-17(10-12-18)23(4,5)6/h9-12,15-16,19,24H,8,13-14H2,1-7H3,(H,27,28). The normalized spacial score (nSPS) is 14.4. The number of ether oxygens (including phenoxy) is 1. The monoisotopic (exact) mass is 452 g/mol. The van der Waals surface area contributed by atoms with Gasteiger partial charge in [0, 0.05) is 5.69 Å². The molecule has 3 atom stereocenters. The van der Waals surface area contributed by atoms with Crippen LogP contribution in [0.25, 0.3) is 0 Å². The van der Waals surface area contributed by atoms with E-state index < -0.39 is 30.1 Å². The minimum atomic E-state index is -1.10. The molecular formula is C23H36N2O5S. The first-order valence-corrected chi connectivity index (χ1v) is 11.9. The molecule has 1 aromatic carbocycles. The average Bonchev–Trinajstić information content (AvgIpc) is 2.70. The van der Waals surface area contributed by atoms with E-state index in [1.807, 2.05) is 18.4 Å². The number of nitrogens with one attached hydrogen (secondary N) is 1. The molecule has 0 radical (unpaired) electrons. The average molecular weight is 453 g/mol. The molecule has 0 saturated carbocycles. The second-order valence-electron chi connectivity index (χ2n) is 8.49. The minimum Gasteiger partial charge on any atom is -0.480 e. The highest BCUT2D eigenvalue weighted by Crippen LogP contribution is 2.26. The summed E-state index contributed by atoms with van der Waals surface area (Å²) in [6.07, 6.45) is 2.38. The maximum absolute atomic E-state index is 13.5. The molecule has 0 aromatic heterocycles. The second-order valence-corrected chi connectivity index (χ2v) is 9.48. The fraction of sp³-hybridized carbons (Fsp3) is 0.609. The topological polar surface area (TPSA) is 95.9 Å². The Hall–Kier alpha value is -2.06. The Bertz CT molecular complexity index is 745. The number of benzene rings is 1. The van der Waals surface area contributed by atoms with E-state index >= 15 is 0 Å². The van der Waals surface area contributed by atoms with Crippen molar-refractivity contribution < 1.29 is 24.2 Å². The third kappa shape index (κ3) is 7.85. The molecule has 174 valence electrons. The van der Waals surface area contributed by atoms with E-state index in [2.05, 4.69) is 26.1 Å². The number of rotatable bonds is 11. The van der Waals surface area contributed by atoms with E-state index in [0.29, 0.717) is 17.9 Å². The fourth-order valence-electron chi connectivity index (χ4n) is 3.09. The summed E-state index contributed by atoms with van der Waals surface area (Å²) < 4.78 is 5.04. The molecule has 3 unspecified atom stereocenters. The fourth-order valence-corrected chi connectivity index (χ4v) is 3.56. The maximum Gasteiger partial charge on any atom is 0.326 e. The predicted molar refractivity (Wildman–Crippen MR) is 126 cm³/mol. The van der Waals surface area contributed by atoms with Crippen LogP contribution >= 0.6 is 11.8 Å². The zero-order valence-electron chi connectivity index (χ0n) is 19.6. The third-order valence-corrected chi connectivity index (χ3v) is 5.64. The molecule has 1 aromatic rings. The highest BCUT2D eigenvalue weighted by molar-refractivity contribution is 7.98. The third-order valence-electron chi connectivity index (χ3n) is 4.99. The van der Waals surface area contributed by atoms with Crippen LogP contribution in [0.5, 0.6) is 0 Å². The number of esters is 1. The zero-order chi connectivity index (χ0) is 23.8. The van der Waals surface area contributed by atoms with E-state index in [-0.39, 0.29) is 17.9 Å². The first-order chi connectivity index (χ1) is 14.4. The van der Waals surface area contributed by atoms with Gasteiger partial charge in [0.1, 0.15) is 12.1 Å². The number of hydrogen-bond donors (Lipinski definition) is 2. The molecule has 0 spiro atoms. The van der Waals surface area contributed by atoms with Gasteiger partial charge in [-0.3, -0.25) is 19.8 Å². The van der Waals surface area contributed by atoms with Crippen molar-refractivity contribution in [3.05, 3.63) is 29.8 Å². The highest BCUT2D eigenvalue weighted by Gasteiger charge is 2.34. The van der Waals surface area contributed by atoms with Crippen LogP contribution in [0.4, 0.5) is 5.69 Å². The van der Waals surface area contributed by atoms with Crippen molar-refractivity contribution in [3.8, 4) is 0 Å². The quantitative estimate of drug-likeness (QED) is 0.497. The molecule has 0 bridgehead atoms. The number of anilines is 1. The lowest BCUT2D eigenvalue weighted by atomic mass is 9.87. The van der Waals surface area contributed by atoms with Gasteiger partial charge in [-0.15, -0.1) is 0 Å². The highest BCUT2D eigenvalue weighted by atomic mass is 32.2. The van der Waals surface area contributed by atoms with Crippen LogP contribution in [-0.4, -0.2) is 59.7 Å². The molecule has 0 saturated heterocycles. The number of amides is 1. The Morgan fingerprint density at radius 3 is 2.19 bits per heavy atom. The van der Waals surface area contributed by atoms with Gasteiger partial charge in [-0.25, -0.2) is 4.79 Å². The van der Waals surface area contributed by atoms with E-state index in [1.54, 1.807) is 37.7 Å². The maximum atomic E-state index is 13.5. The van der Waals surface area contributed by atoms with E-state index in [0.717, 1.165) is 5.56 Å². The van der Waals surface area contributed by atoms with Crippen molar-refractivity contribution in [2.45, 2.75) is 71.5 Å². The van der Waals surface area contributed by atoms with Gasteiger partial charge >= 0.3 is 11.9 Å². The van der Waals surface area contributed by atoms with Gasteiger partial charge in [-0.05, 0) is 62.3 Å². The Morgan fingerprint density at radius 2 is 1.74 bits per heavy atom. The molecule has 0 heterocycles. The summed E-state index contributed by atoms with van der Waals surface area (Å²) in [5, 5.41) is 12.7. The van der Waals surface area contributed by atoms with Gasteiger partial charge < -0.3 is 9.84 Å². The van der Waals surface area contributed by atoms with Crippen molar-refractivity contribution in [1.82, 2.24) is 5.32 Å². The Morgan fingerprint density at radius 1 is 1.16 bits per heavy atom. The summed E-state index contributed by atoms with van der Waals surface area (Å²) in [5.74, 6) is -1.26. The molecular weight excluding hydrogens is 416 g/mol. The Kier molecular flexibility index (Phi) is 10.5. The van der Waals surface area contributed by atoms with Crippen LogP contribution in [-0.2, 0) is 24.5 Å². The first-order valence-electron chi connectivity index (χ1n) is 10.5. The Labute approximate surface area is 189 Å². The van der Waals surface area contributed by atoms with Gasteiger partial charge in [0.25, 0.3) is 0 Å². The summed E-state index contributed by atoms with van der Waals surface area (Å²) in [5.41, 5.74) is 1.52. The molecule has 0 aliphatic heterocycles. The summed E-state index contributed by atoms with van der Waals surface area (Å²) in [6.45, 7) is 11.4. The van der Waals surface area contributed by atoms with E-state index in [4.69, 9.17) is 4.74 Å². The summed E-state index contributed by atoms with van der Waals surface area (Å²) >= 11 is 1.58. The van der Waals surface area contributed by atoms with Crippen LogP contribution in [0.2, 0.25) is 0 Å². The SMILES string of the molecule is CCOC(=O)C(C)NC(CCSC)C(=O)N(c1ccc(C(C)(C)C)cc1)C(C)C(=O)O. The lowest BCUT2D eigenvalue weighted by molar-refractivity contribution is -0.146. The zero-order valence-corrected chi connectivity index (χ0v) is 20.4. The number of carbonyl (C=O) groups excluding carboxylic acids is 2. The number of thioether (sulfide) groups is 1. The number of nitrogens with zero attached hydrogens (tertiary/aromatic N) is 1. The first kappa shape index (κ1) is 27.0. The molecule has 0 fully saturated rings. The molecule has 1 amide bonds. The number of carboxylic acid groups (broad SMARTS) is 1.